The Hall–Kier alpha value is -1.44. The minimum atomic E-state index is -1.62. The van der Waals surface area contributed by atoms with Crippen LogP contribution in [0.2, 0.25) is 0 Å². The van der Waals surface area contributed by atoms with E-state index in [2.05, 4.69) is 4.98 Å². The molecule has 0 bridgehead atoms. The normalized spacial score (nSPS) is 35.9. The van der Waals surface area contributed by atoms with Gasteiger partial charge in [-0.1, -0.05) is 6.92 Å². The van der Waals surface area contributed by atoms with Gasteiger partial charge in [0, 0.05) is 12.3 Å². The molecule has 3 unspecified atom stereocenters. The third kappa shape index (κ3) is 1.71. The van der Waals surface area contributed by atoms with Crippen molar-refractivity contribution in [1.82, 2.24) is 9.55 Å². The number of hydrogen-bond acceptors (Lipinski definition) is 5. The smallest absolute Gasteiger partial charge is 0.330 e. The predicted octanol–water partition coefficient (Wildman–Crippen LogP) is -1.04. The second kappa shape index (κ2) is 4.04. The van der Waals surface area contributed by atoms with E-state index < -0.39 is 28.7 Å². The molecule has 7 heteroatoms. The van der Waals surface area contributed by atoms with Gasteiger partial charge in [0.1, 0.15) is 11.2 Å². The van der Waals surface area contributed by atoms with E-state index in [1.165, 1.54) is 13.1 Å². The van der Waals surface area contributed by atoms with Gasteiger partial charge in [-0.15, -0.1) is 0 Å². The molecule has 3 atom stereocenters. The lowest BCUT2D eigenvalue weighted by molar-refractivity contribution is -0.141. The molecule has 0 saturated carbocycles. The van der Waals surface area contributed by atoms with Crippen molar-refractivity contribution in [3.8, 4) is 0 Å². The number of rotatable bonds is 2. The molecule has 2 heterocycles. The highest BCUT2D eigenvalue weighted by Gasteiger charge is 2.57. The maximum Gasteiger partial charge on any atom is 0.330 e. The van der Waals surface area contributed by atoms with Crippen LogP contribution >= 0.6 is 0 Å². The molecule has 1 saturated heterocycles. The SMILES string of the molecule is CCC1(O)COC(n2ccc(=O)[nH]c2=O)C1(C)O. The van der Waals surface area contributed by atoms with Crippen molar-refractivity contribution in [2.75, 3.05) is 6.61 Å². The van der Waals surface area contributed by atoms with E-state index in [-0.39, 0.29) is 13.0 Å². The third-order valence-corrected chi connectivity index (χ3v) is 3.59. The molecule has 1 aliphatic heterocycles. The second-order valence-corrected chi connectivity index (χ2v) is 4.71. The van der Waals surface area contributed by atoms with Gasteiger partial charge in [-0.3, -0.25) is 14.3 Å². The van der Waals surface area contributed by atoms with Crippen LogP contribution in [-0.2, 0) is 4.74 Å². The van der Waals surface area contributed by atoms with Crippen molar-refractivity contribution in [3.05, 3.63) is 33.1 Å². The van der Waals surface area contributed by atoms with Crippen LogP contribution in [0, 0.1) is 0 Å². The minimum absolute atomic E-state index is 0.0767. The summed E-state index contributed by atoms with van der Waals surface area (Å²) in [7, 11) is 0. The van der Waals surface area contributed by atoms with Gasteiger partial charge < -0.3 is 14.9 Å². The highest BCUT2D eigenvalue weighted by molar-refractivity contribution is 5.05. The number of aromatic amines is 1. The van der Waals surface area contributed by atoms with Crippen molar-refractivity contribution < 1.29 is 14.9 Å². The zero-order valence-electron chi connectivity index (χ0n) is 10.2. The zero-order valence-corrected chi connectivity index (χ0v) is 10.2. The van der Waals surface area contributed by atoms with Gasteiger partial charge in [0.15, 0.2) is 6.23 Å². The summed E-state index contributed by atoms with van der Waals surface area (Å²) in [5.74, 6) is 0. The largest absolute Gasteiger partial charge is 0.384 e. The van der Waals surface area contributed by atoms with Crippen molar-refractivity contribution >= 4 is 0 Å². The first-order valence-corrected chi connectivity index (χ1v) is 5.69. The molecule has 0 aromatic carbocycles. The molecule has 100 valence electrons. The quantitative estimate of drug-likeness (QED) is 0.626. The van der Waals surface area contributed by atoms with E-state index in [9.17, 15) is 19.8 Å². The van der Waals surface area contributed by atoms with Gasteiger partial charge in [0.25, 0.3) is 5.56 Å². The second-order valence-electron chi connectivity index (χ2n) is 4.71. The number of aromatic nitrogens is 2. The summed E-state index contributed by atoms with van der Waals surface area (Å²) in [6.45, 7) is 3.05. The van der Waals surface area contributed by atoms with Crippen LogP contribution in [0.15, 0.2) is 21.9 Å². The van der Waals surface area contributed by atoms with E-state index in [1.807, 2.05) is 0 Å². The maximum atomic E-state index is 11.6. The summed E-state index contributed by atoms with van der Waals surface area (Å²) in [6, 6.07) is 1.16. The fourth-order valence-corrected chi connectivity index (χ4v) is 2.18. The Morgan fingerprint density at radius 2 is 2.22 bits per heavy atom. The summed E-state index contributed by atoms with van der Waals surface area (Å²) >= 11 is 0. The number of nitrogens with one attached hydrogen (secondary N) is 1. The van der Waals surface area contributed by atoms with E-state index in [0.717, 1.165) is 10.6 Å². The number of nitrogens with zero attached hydrogens (tertiary/aromatic N) is 1. The molecule has 0 amide bonds. The lowest BCUT2D eigenvalue weighted by Gasteiger charge is -2.35. The van der Waals surface area contributed by atoms with Gasteiger partial charge in [-0.05, 0) is 13.3 Å². The Bertz CT molecular complexity index is 561. The summed E-state index contributed by atoms with van der Waals surface area (Å²) in [6.07, 6.45) is 0.489. The molecule has 3 N–H and O–H groups in total. The number of ether oxygens (including phenoxy) is 1. The molecule has 1 fully saturated rings. The van der Waals surface area contributed by atoms with E-state index in [0.29, 0.717) is 0 Å². The summed E-state index contributed by atoms with van der Waals surface area (Å²) in [5, 5.41) is 20.6. The monoisotopic (exact) mass is 256 g/mol. The molecule has 1 aliphatic rings. The van der Waals surface area contributed by atoms with Crippen molar-refractivity contribution in [3.63, 3.8) is 0 Å². The number of H-pyrrole nitrogens is 1. The Morgan fingerprint density at radius 1 is 1.56 bits per heavy atom. The van der Waals surface area contributed by atoms with Crippen molar-refractivity contribution in [2.45, 2.75) is 37.7 Å². The van der Waals surface area contributed by atoms with E-state index in [1.54, 1.807) is 6.92 Å². The van der Waals surface area contributed by atoms with Crippen LogP contribution in [-0.4, -0.2) is 37.6 Å². The van der Waals surface area contributed by atoms with E-state index >= 15 is 0 Å². The Labute approximate surface area is 103 Å². The third-order valence-electron chi connectivity index (χ3n) is 3.59. The summed E-state index contributed by atoms with van der Waals surface area (Å²) < 4.78 is 6.39. The highest BCUT2D eigenvalue weighted by Crippen LogP contribution is 2.42. The standard InChI is InChI=1S/C11H16N2O5/c1-3-11(17)6-18-8(10(11,2)16)13-5-4-7(14)12-9(13)15/h4-5,8,16-17H,3,6H2,1-2H3,(H,12,14,15). The summed E-state index contributed by atoms with van der Waals surface area (Å²) in [5.41, 5.74) is -4.26. The fraction of sp³-hybridized carbons (Fsp3) is 0.636. The first-order chi connectivity index (χ1) is 8.32. The first kappa shape index (κ1) is 13.0. The lowest BCUT2D eigenvalue weighted by atomic mass is 9.83. The number of aliphatic hydroxyl groups is 2. The van der Waals surface area contributed by atoms with Crippen LogP contribution < -0.4 is 11.2 Å². The van der Waals surface area contributed by atoms with Crippen LogP contribution in [0.3, 0.4) is 0 Å². The van der Waals surface area contributed by atoms with Gasteiger partial charge in [-0.2, -0.15) is 0 Å². The van der Waals surface area contributed by atoms with Crippen LogP contribution in [0.5, 0.6) is 0 Å². The molecule has 0 aliphatic carbocycles. The molecule has 2 rings (SSSR count). The molecular weight excluding hydrogens is 240 g/mol. The molecule has 0 spiro atoms. The molecule has 1 aromatic rings. The van der Waals surface area contributed by atoms with Crippen molar-refractivity contribution in [1.29, 1.82) is 0 Å². The van der Waals surface area contributed by atoms with Gasteiger partial charge >= 0.3 is 5.69 Å². The maximum absolute atomic E-state index is 11.6. The fourth-order valence-electron chi connectivity index (χ4n) is 2.18. The lowest BCUT2D eigenvalue weighted by Crippen LogP contribution is -2.54. The molecule has 1 aromatic heterocycles. The molecule has 18 heavy (non-hydrogen) atoms. The van der Waals surface area contributed by atoms with E-state index in [4.69, 9.17) is 4.74 Å². The van der Waals surface area contributed by atoms with Gasteiger partial charge in [0.05, 0.1) is 6.61 Å². The predicted molar refractivity (Wildman–Crippen MR) is 62.2 cm³/mol. The minimum Gasteiger partial charge on any atom is -0.384 e. The first-order valence-electron chi connectivity index (χ1n) is 5.69. The topological polar surface area (TPSA) is 105 Å². The molecule has 0 radical (unpaired) electrons. The summed E-state index contributed by atoms with van der Waals surface area (Å²) in [4.78, 5) is 24.7. The Kier molecular flexibility index (Phi) is 2.92. The highest BCUT2D eigenvalue weighted by atomic mass is 16.6. The average molecular weight is 256 g/mol. The number of hydrogen-bond donors (Lipinski definition) is 3. The van der Waals surface area contributed by atoms with Gasteiger partial charge in [0.2, 0.25) is 0 Å². The van der Waals surface area contributed by atoms with Gasteiger partial charge in [-0.25, -0.2) is 4.79 Å². The van der Waals surface area contributed by atoms with Crippen LogP contribution in [0.1, 0.15) is 26.5 Å². The molecular formula is C11H16N2O5. The van der Waals surface area contributed by atoms with Crippen LogP contribution in [0.4, 0.5) is 0 Å². The Balaban J connectivity index is 2.48. The Morgan fingerprint density at radius 3 is 2.72 bits per heavy atom. The van der Waals surface area contributed by atoms with Crippen LogP contribution in [0.25, 0.3) is 0 Å². The molecule has 7 nitrogen and oxygen atoms in total. The zero-order chi connectivity index (χ0) is 13.6. The average Bonchev–Trinajstić information content (AvgIpc) is 2.52. The van der Waals surface area contributed by atoms with Crippen molar-refractivity contribution in [2.24, 2.45) is 0 Å².